The summed E-state index contributed by atoms with van der Waals surface area (Å²) in [4.78, 5) is 10.5. The zero-order chi connectivity index (χ0) is 56.4. The molecule has 0 saturated heterocycles. The van der Waals surface area contributed by atoms with E-state index in [9.17, 15) is 0 Å². The van der Waals surface area contributed by atoms with Crippen LogP contribution in [0.1, 0.15) is 22.6 Å². The minimum atomic E-state index is -0.0732. The van der Waals surface area contributed by atoms with Crippen LogP contribution in [0.15, 0.2) is 323 Å². The Labute approximate surface area is 510 Å². The zero-order valence-corrected chi connectivity index (χ0v) is 48.4. The van der Waals surface area contributed by atoms with Crippen molar-refractivity contribution < 1.29 is 0 Å². The highest BCUT2D eigenvalue weighted by molar-refractivity contribution is 8.00. The summed E-state index contributed by atoms with van der Waals surface area (Å²) in [5, 5.41) is 2.50. The van der Waals surface area contributed by atoms with Gasteiger partial charge < -0.3 is 14.4 Å². The van der Waals surface area contributed by atoms with Gasteiger partial charge in [0.25, 0.3) is 0 Å². The molecule has 0 spiro atoms. The number of fused-ring (bicyclic) bond motifs is 11. The second-order valence-electron chi connectivity index (χ2n) is 23.0. The van der Waals surface area contributed by atoms with Crippen molar-refractivity contribution in [1.82, 2.24) is 4.57 Å². The highest BCUT2D eigenvalue weighted by Gasteiger charge is 2.47. The molecule has 0 fully saturated rings. The van der Waals surface area contributed by atoms with Gasteiger partial charge in [-0.3, -0.25) is 0 Å². The van der Waals surface area contributed by atoms with Crippen molar-refractivity contribution in [2.24, 2.45) is 0 Å². The molecule has 13 aromatic carbocycles. The lowest BCUT2D eigenvalue weighted by molar-refractivity contribution is 0.970. The van der Waals surface area contributed by atoms with Crippen LogP contribution in [-0.2, 0) is 0 Å². The number of hydrogen-bond acceptors (Lipinski definition) is 4. The van der Waals surface area contributed by atoms with Crippen molar-refractivity contribution in [2.45, 2.75) is 25.5 Å². The Bertz CT molecular complexity index is 4880. The van der Waals surface area contributed by atoms with E-state index in [0.29, 0.717) is 0 Å². The summed E-state index contributed by atoms with van der Waals surface area (Å²) < 4.78 is 2.50. The largest absolute Gasteiger partial charge is 0.311 e. The maximum Gasteiger partial charge on any atom is 0.249 e. The minimum absolute atomic E-state index is 0.0350. The second kappa shape index (κ2) is 19.9. The fraction of sp³-hybridized carbons (Fsp3) is 0.0127. The lowest BCUT2D eigenvalue weighted by atomic mass is 9.31. The van der Waals surface area contributed by atoms with Crippen LogP contribution in [-0.4, -0.2) is 18.0 Å². The molecule has 400 valence electrons. The van der Waals surface area contributed by atoms with Gasteiger partial charge in [0, 0.05) is 81.5 Å². The van der Waals surface area contributed by atoms with Crippen LogP contribution in [0.4, 0.5) is 34.1 Å². The Morgan fingerprint density at radius 1 is 0.291 bits per heavy atom. The molecule has 7 heteroatoms. The third-order valence-electron chi connectivity index (χ3n) is 18.4. The lowest BCUT2D eigenvalue weighted by Crippen LogP contribution is -2.64. The monoisotopic (exact) mass is 1130 g/mol. The zero-order valence-electron chi connectivity index (χ0n) is 46.8. The Balaban J connectivity index is 0.986. The second-order valence-corrected chi connectivity index (χ2v) is 25.2. The standard InChI is InChI=1S/C79H51B2N3S2/c1-6-25-51(26-7-1)58-37-24-38-59(52-27-8-2-9-28-52)79(58)84-69-50-68-64(49-65(69)81-62-39-18-22-43-72(62)85-74-46-55(45-70(84)77(74)81)76(53-29-10-3-11-30-53)54-31-12-4-13-32-54)80-63-40-19-23-44-73(63)86-75-48-57(47-71(78(75)80)82(68)56-33-14-5-15-34-56)83-66-41-20-16-35-60(66)61-36-17-21-42-67(61)83/h1-50,76H. The Hall–Kier alpha value is -9.91. The number of benzene rings is 13. The number of nitrogens with zero attached hydrogens (tertiary/aromatic N) is 3. The van der Waals surface area contributed by atoms with Crippen LogP contribution in [0, 0.1) is 0 Å². The molecule has 0 radical (unpaired) electrons. The Morgan fingerprint density at radius 2 is 0.744 bits per heavy atom. The van der Waals surface area contributed by atoms with Crippen LogP contribution in [0.5, 0.6) is 0 Å². The molecule has 0 N–H and O–H groups in total. The molecule has 0 aliphatic carbocycles. The normalized spacial score (nSPS) is 13.3. The van der Waals surface area contributed by atoms with Crippen LogP contribution >= 0.6 is 23.5 Å². The summed E-state index contributed by atoms with van der Waals surface area (Å²) in [5.41, 5.74) is 27.0. The highest BCUT2D eigenvalue weighted by atomic mass is 32.2. The van der Waals surface area contributed by atoms with E-state index in [1.54, 1.807) is 0 Å². The van der Waals surface area contributed by atoms with Crippen LogP contribution in [0.2, 0.25) is 0 Å². The van der Waals surface area contributed by atoms with E-state index in [0.717, 1.165) is 17.1 Å². The number of anilines is 6. The number of rotatable bonds is 8. The number of aromatic nitrogens is 1. The van der Waals surface area contributed by atoms with Crippen molar-refractivity contribution in [3.63, 3.8) is 0 Å². The minimum Gasteiger partial charge on any atom is -0.311 e. The Kier molecular flexibility index (Phi) is 11.4. The van der Waals surface area contributed by atoms with Crippen LogP contribution in [0.3, 0.4) is 0 Å². The summed E-state index contributed by atoms with van der Waals surface area (Å²) in [6.45, 7) is -0.125. The van der Waals surface area contributed by atoms with Gasteiger partial charge in [-0.25, -0.2) is 0 Å². The summed E-state index contributed by atoms with van der Waals surface area (Å²) in [6, 6.07) is 114. The molecule has 0 bridgehead atoms. The molecule has 5 heterocycles. The summed E-state index contributed by atoms with van der Waals surface area (Å²) in [6.07, 6.45) is 0. The molecule has 1 aromatic heterocycles. The molecule has 0 atom stereocenters. The first kappa shape index (κ1) is 49.5. The Morgan fingerprint density at radius 3 is 1.30 bits per heavy atom. The van der Waals surface area contributed by atoms with E-state index in [1.165, 1.54) is 136 Å². The van der Waals surface area contributed by atoms with Crippen LogP contribution in [0.25, 0.3) is 49.7 Å². The highest BCUT2D eigenvalue weighted by Crippen LogP contribution is 2.53. The molecule has 3 nitrogen and oxygen atoms in total. The fourth-order valence-electron chi connectivity index (χ4n) is 14.8. The van der Waals surface area contributed by atoms with Crippen molar-refractivity contribution in [1.29, 1.82) is 0 Å². The first-order valence-corrected chi connectivity index (χ1v) is 31.4. The average molecular weight is 1130 g/mol. The fourth-order valence-corrected chi connectivity index (χ4v) is 17.2. The molecular formula is C79H51B2N3S2. The van der Waals surface area contributed by atoms with E-state index < -0.39 is 0 Å². The van der Waals surface area contributed by atoms with Gasteiger partial charge in [0.15, 0.2) is 0 Å². The van der Waals surface area contributed by atoms with E-state index in [2.05, 4.69) is 318 Å². The first-order valence-electron chi connectivity index (χ1n) is 29.7. The van der Waals surface area contributed by atoms with Gasteiger partial charge in [-0.15, -0.1) is 0 Å². The average Bonchev–Trinajstić information content (AvgIpc) is 0.858. The van der Waals surface area contributed by atoms with Gasteiger partial charge in [0.1, 0.15) is 0 Å². The molecule has 4 aliphatic heterocycles. The quantitative estimate of drug-likeness (QED) is 0.111. The molecule has 0 unspecified atom stereocenters. The van der Waals surface area contributed by atoms with Gasteiger partial charge in [-0.05, 0) is 116 Å². The smallest absolute Gasteiger partial charge is 0.249 e. The summed E-state index contributed by atoms with van der Waals surface area (Å²) in [7, 11) is 0. The van der Waals surface area contributed by atoms with Crippen molar-refractivity contribution in [3.8, 4) is 27.9 Å². The first-order chi connectivity index (χ1) is 42.7. The third kappa shape index (κ3) is 7.61. The van der Waals surface area contributed by atoms with Gasteiger partial charge in [-0.1, -0.05) is 271 Å². The topological polar surface area (TPSA) is 11.4 Å². The third-order valence-corrected chi connectivity index (χ3v) is 20.7. The predicted octanol–water partition coefficient (Wildman–Crippen LogP) is 16.8. The molecule has 18 rings (SSSR count). The maximum absolute atomic E-state index is 2.71. The lowest BCUT2D eigenvalue weighted by Gasteiger charge is -2.45. The van der Waals surface area contributed by atoms with Crippen molar-refractivity contribution in [2.75, 3.05) is 9.80 Å². The van der Waals surface area contributed by atoms with Gasteiger partial charge in [-0.2, -0.15) is 0 Å². The van der Waals surface area contributed by atoms with E-state index in [1.807, 2.05) is 23.5 Å². The molecule has 0 saturated carbocycles. The van der Waals surface area contributed by atoms with E-state index >= 15 is 0 Å². The number of para-hydroxylation sites is 4. The molecular weight excluding hydrogens is 1080 g/mol. The maximum atomic E-state index is 2.71. The molecule has 86 heavy (non-hydrogen) atoms. The van der Waals surface area contributed by atoms with Gasteiger partial charge >= 0.3 is 0 Å². The number of hydrogen-bond donors (Lipinski definition) is 0. The van der Waals surface area contributed by atoms with Crippen molar-refractivity contribution >= 4 is 126 Å². The molecule has 14 aromatic rings. The van der Waals surface area contributed by atoms with Gasteiger partial charge in [0.2, 0.25) is 13.4 Å². The van der Waals surface area contributed by atoms with Crippen molar-refractivity contribution in [3.05, 3.63) is 320 Å². The SMILES string of the molecule is c1ccc(-c2cccc(-c3ccccc3)c2N2c3cc4c(cc3B3c5ccccc5Sc5cc(C(c6ccccc6)c6ccccc6)cc2c53)B2c3ccccc3Sc3cc(-n5c6ccccc6c6ccccc65)cc(c32)N4c2ccccc2)cc1. The predicted molar refractivity (Wildman–Crippen MR) is 365 cm³/mol. The van der Waals surface area contributed by atoms with Crippen LogP contribution < -0.4 is 42.6 Å². The summed E-state index contributed by atoms with van der Waals surface area (Å²) >= 11 is 3.85. The van der Waals surface area contributed by atoms with E-state index in [4.69, 9.17) is 0 Å². The molecule has 4 aliphatic rings. The van der Waals surface area contributed by atoms with Gasteiger partial charge in [0.05, 0.1) is 16.7 Å². The molecule has 0 amide bonds. The van der Waals surface area contributed by atoms with E-state index in [-0.39, 0.29) is 19.3 Å². The summed E-state index contributed by atoms with van der Waals surface area (Å²) in [5.74, 6) is -0.0350.